The van der Waals surface area contributed by atoms with E-state index >= 15 is 0 Å². The molecule has 0 spiro atoms. The van der Waals surface area contributed by atoms with Crippen molar-refractivity contribution in [1.29, 1.82) is 0 Å². The molecule has 8 nitrogen and oxygen atoms in total. The molecule has 1 aromatic carbocycles. The van der Waals surface area contributed by atoms with Gasteiger partial charge in [0.25, 0.3) is 5.56 Å². The minimum Gasteiger partial charge on any atom is -0.491 e. The van der Waals surface area contributed by atoms with E-state index in [1.807, 2.05) is 25.1 Å². The first-order valence-corrected chi connectivity index (χ1v) is 9.19. The molecule has 0 saturated carbocycles. The Morgan fingerprint density at radius 1 is 1.24 bits per heavy atom. The van der Waals surface area contributed by atoms with E-state index in [-0.39, 0.29) is 6.61 Å². The third-order valence-electron chi connectivity index (χ3n) is 4.21. The fourth-order valence-corrected chi connectivity index (χ4v) is 4.29. The number of nitrogens with zero attached hydrogens (tertiary/aromatic N) is 2. The van der Waals surface area contributed by atoms with Crippen LogP contribution in [0, 0.1) is 6.92 Å². The van der Waals surface area contributed by atoms with Gasteiger partial charge in [0.05, 0.1) is 6.04 Å². The molecule has 0 fully saturated rings. The number of fused-ring (bicyclic) bond motifs is 1. The van der Waals surface area contributed by atoms with Crippen molar-refractivity contribution in [1.82, 2.24) is 13.9 Å². The van der Waals surface area contributed by atoms with Crippen molar-refractivity contribution in [3.8, 4) is 5.75 Å². The number of benzene rings is 1. The van der Waals surface area contributed by atoms with Gasteiger partial charge in [-0.2, -0.15) is 0 Å². The summed E-state index contributed by atoms with van der Waals surface area (Å²) in [6.45, 7) is 2.10. The number of para-hydroxylation sites is 1. The fraction of sp³-hybridized carbons (Fsp3) is 0.375. The van der Waals surface area contributed by atoms with Crippen LogP contribution in [0.25, 0.3) is 0 Å². The van der Waals surface area contributed by atoms with Gasteiger partial charge < -0.3 is 9.30 Å². The smallest absolute Gasteiger partial charge is 0.330 e. The number of aromatic nitrogens is 2. The van der Waals surface area contributed by atoms with Crippen LogP contribution < -0.4 is 20.7 Å². The van der Waals surface area contributed by atoms with Crippen LogP contribution in [0.3, 0.4) is 0 Å². The number of hydrogen-bond acceptors (Lipinski definition) is 5. The fourth-order valence-electron chi connectivity index (χ4n) is 2.91. The summed E-state index contributed by atoms with van der Waals surface area (Å²) in [4.78, 5) is 23.4. The molecule has 0 bridgehead atoms. The van der Waals surface area contributed by atoms with Crippen molar-refractivity contribution in [2.24, 2.45) is 14.1 Å². The zero-order chi connectivity index (χ0) is 18.4. The molecule has 134 valence electrons. The molecule has 0 saturated heterocycles. The Morgan fingerprint density at radius 3 is 2.68 bits per heavy atom. The van der Waals surface area contributed by atoms with Crippen LogP contribution in [0.5, 0.6) is 5.75 Å². The van der Waals surface area contributed by atoms with Gasteiger partial charge in [-0.25, -0.2) is 17.9 Å². The van der Waals surface area contributed by atoms with Crippen molar-refractivity contribution in [2.45, 2.75) is 24.3 Å². The molecule has 1 aromatic heterocycles. The number of sulfonamides is 1. The van der Waals surface area contributed by atoms with E-state index < -0.39 is 32.2 Å². The summed E-state index contributed by atoms with van der Waals surface area (Å²) in [5.41, 5.74) is 0.455. The maximum Gasteiger partial charge on any atom is 0.330 e. The first-order valence-electron chi connectivity index (χ1n) is 7.71. The van der Waals surface area contributed by atoms with Crippen molar-refractivity contribution in [3.63, 3.8) is 0 Å². The van der Waals surface area contributed by atoms with Crippen molar-refractivity contribution < 1.29 is 13.2 Å². The van der Waals surface area contributed by atoms with Crippen LogP contribution in [0.4, 0.5) is 0 Å². The summed E-state index contributed by atoms with van der Waals surface area (Å²) in [6, 6.07) is 5.20. The van der Waals surface area contributed by atoms with Gasteiger partial charge in [0.1, 0.15) is 12.4 Å². The molecule has 0 amide bonds. The summed E-state index contributed by atoms with van der Waals surface area (Å²) in [5.74, 6) is 0.774. The van der Waals surface area contributed by atoms with Crippen LogP contribution in [0.1, 0.15) is 11.1 Å². The molecule has 0 radical (unpaired) electrons. The molecule has 1 aliphatic rings. The zero-order valence-corrected chi connectivity index (χ0v) is 15.0. The van der Waals surface area contributed by atoms with E-state index in [0.717, 1.165) is 32.2 Å². The average Bonchev–Trinajstić information content (AvgIpc) is 2.56. The molecule has 1 atom stereocenters. The summed E-state index contributed by atoms with van der Waals surface area (Å²) in [7, 11) is -1.45. The van der Waals surface area contributed by atoms with E-state index in [4.69, 9.17) is 4.74 Å². The Morgan fingerprint density at radius 2 is 1.96 bits per heavy atom. The van der Waals surface area contributed by atoms with Crippen LogP contribution in [0.15, 0.2) is 38.9 Å². The highest BCUT2D eigenvalue weighted by Gasteiger charge is 2.28. The lowest BCUT2D eigenvalue weighted by Crippen LogP contribution is -2.46. The van der Waals surface area contributed by atoms with Gasteiger partial charge in [0, 0.05) is 20.3 Å². The van der Waals surface area contributed by atoms with Crippen LogP contribution in [0.2, 0.25) is 0 Å². The highest BCUT2D eigenvalue weighted by Crippen LogP contribution is 2.28. The molecular formula is C16H19N3O5S. The average molecular weight is 365 g/mol. The predicted octanol–water partition coefficient (Wildman–Crippen LogP) is -0.326. The van der Waals surface area contributed by atoms with Crippen LogP contribution >= 0.6 is 0 Å². The molecule has 1 unspecified atom stereocenters. The van der Waals surface area contributed by atoms with Gasteiger partial charge in [-0.05, 0) is 24.5 Å². The Hall–Kier alpha value is -2.39. The lowest BCUT2D eigenvalue weighted by molar-refractivity contribution is 0.252. The molecule has 3 rings (SSSR count). The van der Waals surface area contributed by atoms with Gasteiger partial charge in [-0.3, -0.25) is 9.36 Å². The highest BCUT2D eigenvalue weighted by atomic mass is 32.2. The summed E-state index contributed by atoms with van der Waals surface area (Å²) in [5, 5.41) is 0. The molecular weight excluding hydrogens is 346 g/mol. The summed E-state index contributed by atoms with van der Waals surface area (Å²) >= 11 is 0. The molecule has 0 aliphatic carbocycles. The minimum atomic E-state index is -4.09. The molecule has 2 heterocycles. The van der Waals surface area contributed by atoms with Gasteiger partial charge >= 0.3 is 5.69 Å². The largest absolute Gasteiger partial charge is 0.491 e. The molecule has 9 heteroatoms. The Balaban J connectivity index is 1.91. The lowest BCUT2D eigenvalue weighted by Gasteiger charge is -2.27. The monoisotopic (exact) mass is 365 g/mol. The highest BCUT2D eigenvalue weighted by molar-refractivity contribution is 7.89. The predicted molar refractivity (Wildman–Crippen MR) is 91.4 cm³/mol. The topological polar surface area (TPSA) is 99.4 Å². The summed E-state index contributed by atoms with van der Waals surface area (Å²) in [6.07, 6.45) is 1.50. The molecule has 2 aromatic rings. The van der Waals surface area contributed by atoms with Gasteiger partial charge in [0.2, 0.25) is 10.0 Å². The molecule has 25 heavy (non-hydrogen) atoms. The van der Waals surface area contributed by atoms with Crippen LogP contribution in [-0.4, -0.2) is 30.2 Å². The van der Waals surface area contributed by atoms with Crippen molar-refractivity contribution >= 4 is 10.0 Å². The second-order valence-corrected chi connectivity index (χ2v) is 7.83. The summed E-state index contributed by atoms with van der Waals surface area (Å²) < 4.78 is 35.3. The molecule has 1 N–H and O–H groups in total. The Bertz CT molecular complexity index is 1050. The Kier molecular flexibility index (Phi) is 4.29. The maximum absolute atomic E-state index is 12.6. The van der Waals surface area contributed by atoms with Crippen molar-refractivity contribution in [3.05, 3.63) is 56.4 Å². The third kappa shape index (κ3) is 3.12. The van der Waals surface area contributed by atoms with Crippen molar-refractivity contribution in [2.75, 3.05) is 6.61 Å². The number of nitrogens with one attached hydrogen (secondary N) is 1. The van der Waals surface area contributed by atoms with Crippen LogP contribution in [-0.2, 0) is 30.5 Å². The van der Waals surface area contributed by atoms with E-state index in [2.05, 4.69) is 4.72 Å². The van der Waals surface area contributed by atoms with Gasteiger partial charge in [-0.15, -0.1) is 0 Å². The third-order valence-corrected chi connectivity index (χ3v) is 5.72. The number of ether oxygens (including phenoxy) is 1. The van der Waals surface area contributed by atoms with E-state index in [1.165, 1.54) is 14.1 Å². The van der Waals surface area contributed by atoms with E-state index in [1.54, 1.807) is 0 Å². The number of hydrogen-bond donors (Lipinski definition) is 1. The second-order valence-electron chi connectivity index (χ2n) is 6.15. The van der Waals surface area contributed by atoms with E-state index in [9.17, 15) is 18.0 Å². The SMILES string of the molecule is Cc1cccc2c1OCC(NS(=O)(=O)c1cn(C)c(=O)n(C)c1=O)C2. The maximum atomic E-state index is 12.6. The minimum absolute atomic E-state index is 0.170. The normalized spacial score (nSPS) is 17.0. The first kappa shape index (κ1) is 17.4. The number of rotatable bonds is 3. The standard InChI is InChI=1S/C16H19N3O5S/c1-10-5-4-6-11-7-12(9-24-14(10)11)17-25(22,23)13-8-18(2)16(21)19(3)15(13)20/h4-6,8,12,17H,7,9H2,1-3H3. The van der Waals surface area contributed by atoms with Gasteiger partial charge in [-0.1, -0.05) is 18.2 Å². The lowest BCUT2D eigenvalue weighted by atomic mass is 10.0. The van der Waals surface area contributed by atoms with Gasteiger partial charge in [0.15, 0.2) is 4.90 Å². The quantitative estimate of drug-likeness (QED) is 0.803. The first-order chi connectivity index (χ1) is 11.7. The second kappa shape index (κ2) is 6.16. The zero-order valence-electron chi connectivity index (χ0n) is 14.1. The molecule has 1 aliphatic heterocycles. The van der Waals surface area contributed by atoms with E-state index in [0.29, 0.717) is 6.42 Å². The number of aryl methyl sites for hydroxylation is 2. The Labute approximate surface area is 144 Å².